The minimum Gasteiger partial charge on any atom is -0.122 e. The summed E-state index contributed by atoms with van der Waals surface area (Å²) in [4.78, 5) is 0. The van der Waals surface area contributed by atoms with Crippen LogP contribution in [0.2, 0.25) is 0 Å². The highest BCUT2D eigenvalue weighted by molar-refractivity contribution is 6.17. The van der Waals surface area contributed by atoms with E-state index in [0.717, 1.165) is 0 Å². The molecule has 3 aromatic rings. The number of hydrogen-bond acceptors (Lipinski definition) is 0. The fourth-order valence-corrected chi connectivity index (χ4v) is 2.30. The second kappa shape index (κ2) is 3.80. The van der Waals surface area contributed by atoms with Gasteiger partial charge < -0.3 is 0 Å². The molecule has 0 aromatic heterocycles. The van der Waals surface area contributed by atoms with Gasteiger partial charge in [0.2, 0.25) is 0 Å². The monoisotopic (exact) mass is 226 g/mol. The summed E-state index contributed by atoms with van der Waals surface area (Å²) in [6.07, 6.45) is 0. The zero-order chi connectivity index (χ0) is 11.0. The molecule has 0 nitrogen and oxygen atoms in total. The molecular weight excluding hydrogens is 216 g/mol. The zero-order valence-corrected chi connectivity index (χ0v) is 9.54. The van der Waals surface area contributed by atoms with Crippen molar-refractivity contribution in [1.29, 1.82) is 0 Å². The van der Waals surface area contributed by atoms with E-state index in [1.807, 2.05) is 0 Å². The predicted octanol–water partition coefficient (Wildman–Crippen LogP) is 4.73. The fraction of sp³-hybridized carbons (Fsp3) is 0.0667. The number of benzene rings is 3. The quantitative estimate of drug-likeness (QED) is 0.416. The van der Waals surface area contributed by atoms with Crippen LogP contribution in [0, 0.1) is 0 Å². The minimum atomic E-state index is 0.569. The number of hydrogen-bond donors (Lipinski definition) is 0. The van der Waals surface area contributed by atoms with Crippen LogP contribution in [0.25, 0.3) is 21.5 Å². The van der Waals surface area contributed by atoms with Gasteiger partial charge in [0, 0.05) is 5.88 Å². The third kappa shape index (κ3) is 1.46. The van der Waals surface area contributed by atoms with Gasteiger partial charge in [-0.25, -0.2) is 0 Å². The summed E-state index contributed by atoms with van der Waals surface area (Å²) in [6.45, 7) is 0. The molecule has 3 aromatic carbocycles. The van der Waals surface area contributed by atoms with Gasteiger partial charge in [-0.3, -0.25) is 0 Å². The van der Waals surface area contributed by atoms with E-state index < -0.39 is 0 Å². The number of rotatable bonds is 1. The number of alkyl halides is 1. The molecule has 0 aliphatic rings. The van der Waals surface area contributed by atoms with Gasteiger partial charge in [-0.15, -0.1) is 11.6 Å². The Morgan fingerprint density at radius 2 is 1.44 bits per heavy atom. The van der Waals surface area contributed by atoms with Gasteiger partial charge in [-0.05, 0) is 33.2 Å². The van der Waals surface area contributed by atoms with Crippen molar-refractivity contribution in [1.82, 2.24) is 0 Å². The molecule has 0 saturated heterocycles. The molecule has 0 amide bonds. The van der Waals surface area contributed by atoms with E-state index in [1.165, 1.54) is 27.1 Å². The van der Waals surface area contributed by atoms with E-state index in [9.17, 15) is 0 Å². The molecule has 0 unspecified atom stereocenters. The lowest BCUT2D eigenvalue weighted by Crippen LogP contribution is -1.81. The van der Waals surface area contributed by atoms with E-state index in [0.29, 0.717) is 5.88 Å². The van der Waals surface area contributed by atoms with E-state index in [4.69, 9.17) is 11.6 Å². The predicted molar refractivity (Wildman–Crippen MR) is 71.0 cm³/mol. The third-order valence-electron chi connectivity index (χ3n) is 2.97. The largest absolute Gasteiger partial charge is 0.122 e. The van der Waals surface area contributed by atoms with Gasteiger partial charge in [0.1, 0.15) is 0 Å². The molecule has 0 aliphatic carbocycles. The van der Waals surface area contributed by atoms with E-state index >= 15 is 0 Å². The summed E-state index contributed by atoms with van der Waals surface area (Å²) >= 11 is 5.88. The number of halogens is 1. The minimum absolute atomic E-state index is 0.569. The molecule has 3 rings (SSSR count). The van der Waals surface area contributed by atoms with Crippen LogP contribution in [-0.2, 0) is 5.88 Å². The van der Waals surface area contributed by atoms with Crippen molar-refractivity contribution in [3.05, 3.63) is 60.2 Å². The van der Waals surface area contributed by atoms with Gasteiger partial charge in [0.25, 0.3) is 0 Å². The summed E-state index contributed by atoms with van der Waals surface area (Å²) < 4.78 is 0. The summed E-state index contributed by atoms with van der Waals surface area (Å²) in [5.41, 5.74) is 1.17. The lowest BCUT2D eigenvalue weighted by atomic mass is 10.0. The molecule has 0 atom stereocenters. The smallest absolute Gasteiger partial charge is 0.0474 e. The maximum absolute atomic E-state index is 5.88. The first kappa shape index (κ1) is 9.68. The summed E-state index contributed by atoms with van der Waals surface area (Å²) in [7, 11) is 0. The van der Waals surface area contributed by atoms with Crippen molar-refractivity contribution < 1.29 is 0 Å². The SMILES string of the molecule is ClCc1ccc2ccc3ccccc3c2c1. The molecule has 78 valence electrons. The molecule has 0 fully saturated rings. The van der Waals surface area contributed by atoms with Crippen LogP contribution >= 0.6 is 11.6 Å². The fourth-order valence-electron chi connectivity index (χ4n) is 2.13. The molecule has 0 spiro atoms. The van der Waals surface area contributed by atoms with Crippen molar-refractivity contribution in [2.75, 3.05) is 0 Å². The Hall–Kier alpha value is -1.53. The van der Waals surface area contributed by atoms with Gasteiger partial charge in [-0.2, -0.15) is 0 Å². The third-order valence-corrected chi connectivity index (χ3v) is 3.27. The van der Waals surface area contributed by atoms with Crippen molar-refractivity contribution >= 4 is 33.1 Å². The molecule has 0 saturated carbocycles. The van der Waals surface area contributed by atoms with Gasteiger partial charge >= 0.3 is 0 Å². The Balaban J connectivity index is 2.47. The standard InChI is InChI=1S/C15H11Cl/c16-10-11-5-6-13-8-7-12-3-1-2-4-14(12)15(13)9-11/h1-9H,10H2. The topological polar surface area (TPSA) is 0 Å². The Morgan fingerprint density at radius 3 is 2.25 bits per heavy atom. The molecule has 0 bridgehead atoms. The van der Waals surface area contributed by atoms with Crippen LogP contribution in [0.1, 0.15) is 5.56 Å². The average molecular weight is 227 g/mol. The van der Waals surface area contributed by atoms with E-state index in [2.05, 4.69) is 54.6 Å². The second-order valence-corrected chi connectivity index (χ2v) is 4.24. The first-order valence-corrected chi connectivity index (χ1v) is 5.88. The van der Waals surface area contributed by atoms with Gasteiger partial charge in [0.15, 0.2) is 0 Å². The summed E-state index contributed by atoms with van der Waals surface area (Å²) in [5, 5.41) is 5.14. The first-order chi connectivity index (χ1) is 7.88. The van der Waals surface area contributed by atoms with Gasteiger partial charge in [0.05, 0.1) is 0 Å². The maximum Gasteiger partial charge on any atom is 0.0474 e. The average Bonchev–Trinajstić information content (AvgIpc) is 2.38. The van der Waals surface area contributed by atoms with Crippen LogP contribution in [0.15, 0.2) is 54.6 Å². The van der Waals surface area contributed by atoms with Crippen LogP contribution in [0.4, 0.5) is 0 Å². The Bertz CT molecular complexity index is 656. The Kier molecular flexibility index (Phi) is 2.30. The van der Waals surface area contributed by atoms with Crippen LogP contribution in [0.3, 0.4) is 0 Å². The van der Waals surface area contributed by atoms with Crippen LogP contribution < -0.4 is 0 Å². The Labute approximate surface area is 99.5 Å². The molecular formula is C15H11Cl. The molecule has 0 heterocycles. The highest BCUT2D eigenvalue weighted by Gasteiger charge is 2.00. The van der Waals surface area contributed by atoms with Crippen LogP contribution in [-0.4, -0.2) is 0 Å². The molecule has 0 N–H and O–H groups in total. The lowest BCUT2D eigenvalue weighted by molar-refractivity contribution is 1.43. The van der Waals surface area contributed by atoms with Gasteiger partial charge in [-0.1, -0.05) is 48.5 Å². The van der Waals surface area contributed by atoms with E-state index in [1.54, 1.807) is 0 Å². The highest BCUT2D eigenvalue weighted by Crippen LogP contribution is 2.26. The van der Waals surface area contributed by atoms with Crippen molar-refractivity contribution in [3.63, 3.8) is 0 Å². The molecule has 1 heteroatoms. The zero-order valence-electron chi connectivity index (χ0n) is 8.78. The summed E-state index contributed by atoms with van der Waals surface area (Å²) in [5.74, 6) is 0.569. The summed E-state index contributed by atoms with van der Waals surface area (Å²) in [6, 6.07) is 19.2. The van der Waals surface area contributed by atoms with Crippen molar-refractivity contribution in [2.45, 2.75) is 5.88 Å². The molecule has 16 heavy (non-hydrogen) atoms. The number of fused-ring (bicyclic) bond motifs is 3. The van der Waals surface area contributed by atoms with Crippen molar-refractivity contribution in [3.8, 4) is 0 Å². The normalized spacial score (nSPS) is 11.1. The maximum atomic E-state index is 5.88. The lowest BCUT2D eigenvalue weighted by Gasteiger charge is -2.05. The first-order valence-electron chi connectivity index (χ1n) is 5.35. The van der Waals surface area contributed by atoms with Crippen LogP contribution in [0.5, 0.6) is 0 Å². The highest BCUT2D eigenvalue weighted by atomic mass is 35.5. The molecule has 0 radical (unpaired) electrons. The molecule has 0 aliphatic heterocycles. The van der Waals surface area contributed by atoms with Crippen molar-refractivity contribution in [2.24, 2.45) is 0 Å². The second-order valence-electron chi connectivity index (χ2n) is 3.98. The Morgan fingerprint density at radius 1 is 0.750 bits per heavy atom. The van der Waals surface area contributed by atoms with E-state index in [-0.39, 0.29) is 0 Å².